The number of carboxylic acid groups (broad SMARTS) is 4. The summed E-state index contributed by atoms with van der Waals surface area (Å²) in [5.74, 6) is -4.33. The molecule has 0 radical (unpaired) electrons. The van der Waals surface area contributed by atoms with Gasteiger partial charge in [-0.25, -0.2) is 0 Å². The van der Waals surface area contributed by atoms with E-state index in [0.29, 0.717) is 13.1 Å². The number of carbonyl (C=O) groups is 4. The fourth-order valence-corrected chi connectivity index (χ4v) is 0. The Bertz CT molecular complexity index is 205. The molecule has 162 valence electrons. The maximum absolute atomic E-state index is 8.89. The van der Waals surface area contributed by atoms with E-state index in [1.165, 1.54) is 0 Å². The van der Waals surface area contributed by atoms with Crippen LogP contribution in [0.1, 0.15) is 27.7 Å². The van der Waals surface area contributed by atoms with Crippen LogP contribution in [0.25, 0.3) is 0 Å². The van der Waals surface area contributed by atoms with Gasteiger partial charge < -0.3 is 51.1 Å². The Morgan fingerprint density at radius 3 is 0.583 bits per heavy atom. The molecular formula is C10H20Ag4N2O8. The van der Waals surface area contributed by atoms with Gasteiger partial charge in [0.2, 0.25) is 0 Å². The maximum Gasteiger partial charge on any atom is 1.00 e. The zero-order chi connectivity index (χ0) is 17.7. The summed E-state index contributed by atoms with van der Waals surface area (Å²) in [6.45, 7) is 5.08. The predicted octanol–water partition coefficient (Wildman–Crippen LogP) is -6.08. The Balaban J connectivity index is -0.0000000161. The third-order valence-corrected chi connectivity index (χ3v) is 0.167. The van der Waals surface area contributed by atoms with Crippen LogP contribution >= 0.6 is 0 Å². The van der Waals surface area contributed by atoms with Crippen LogP contribution in [0.3, 0.4) is 0 Å². The van der Waals surface area contributed by atoms with Gasteiger partial charge in [-0.05, 0) is 27.7 Å². The summed E-state index contributed by atoms with van der Waals surface area (Å²) in [6, 6.07) is 0. The molecule has 0 aromatic carbocycles. The molecule has 0 fully saturated rings. The zero-order valence-corrected chi connectivity index (χ0v) is 19.0. The normalized spacial score (nSPS) is 5.42. The number of aliphatic carboxylic acids is 4. The number of hydrogen-bond donors (Lipinski definition) is 2. The van der Waals surface area contributed by atoms with Gasteiger partial charge in [0.05, 0.1) is 0 Å². The van der Waals surface area contributed by atoms with Gasteiger partial charge >= 0.3 is 89.5 Å². The average molecular weight is 728 g/mol. The van der Waals surface area contributed by atoms with Gasteiger partial charge in [-0.15, -0.1) is 0 Å². The van der Waals surface area contributed by atoms with Crippen molar-refractivity contribution in [3.8, 4) is 0 Å². The molecule has 0 aromatic rings. The second kappa shape index (κ2) is 56.5. The number of carbonyl (C=O) groups excluding carboxylic acids is 4. The van der Waals surface area contributed by atoms with E-state index < -0.39 is 23.9 Å². The molecule has 0 rings (SSSR count). The van der Waals surface area contributed by atoms with Crippen LogP contribution in [0.4, 0.5) is 0 Å². The van der Waals surface area contributed by atoms with Gasteiger partial charge in [0.15, 0.2) is 0 Å². The second-order valence-electron chi connectivity index (χ2n) is 2.54. The van der Waals surface area contributed by atoms with Crippen molar-refractivity contribution < 1.29 is 129 Å². The van der Waals surface area contributed by atoms with E-state index in [1.54, 1.807) is 0 Å². The van der Waals surface area contributed by atoms with Crippen molar-refractivity contribution in [2.75, 3.05) is 13.1 Å². The zero-order valence-electron chi connectivity index (χ0n) is 13.0. The molecule has 0 aromatic heterocycles. The summed E-state index contributed by atoms with van der Waals surface area (Å²) in [6.07, 6.45) is 0. The summed E-state index contributed by atoms with van der Waals surface area (Å²) in [7, 11) is 0. The topological polar surface area (TPSA) is 213 Å². The SMILES string of the molecule is CC(=O)[O-].CC(=O)[O-].CC(=O)[O-].CC(=O)[O-].NCCN.[Ag+].[Ag+].[Ag+].[Ag+]. The molecule has 24 heavy (non-hydrogen) atoms. The van der Waals surface area contributed by atoms with Crippen LogP contribution in [-0.2, 0) is 109 Å². The van der Waals surface area contributed by atoms with E-state index in [4.69, 9.17) is 51.1 Å². The number of rotatable bonds is 1. The second-order valence-corrected chi connectivity index (χ2v) is 2.54. The first-order valence-corrected chi connectivity index (χ1v) is 4.95. The van der Waals surface area contributed by atoms with Gasteiger partial charge in [-0.1, -0.05) is 0 Å². The van der Waals surface area contributed by atoms with Crippen molar-refractivity contribution in [2.45, 2.75) is 27.7 Å². The van der Waals surface area contributed by atoms with E-state index in [-0.39, 0.29) is 89.5 Å². The Kier molecular flexibility index (Phi) is 132. The van der Waals surface area contributed by atoms with Crippen molar-refractivity contribution >= 4 is 23.9 Å². The number of nitrogens with two attached hydrogens (primary N) is 2. The maximum atomic E-state index is 8.89. The molecule has 0 spiro atoms. The number of carboxylic acids is 4. The van der Waals surface area contributed by atoms with Crippen molar-refractivity contribution in [1.29, 1.82) is 0 Å². The third kappa shape index (κ3) is 3480. The van der Waals surface area contributed by atoms with Gasteiger partial charge in [-0.3, -0.25) is 0 Å². The summed E-state index contributed by atoms with van der Waals surface area (Å²) >= 11 is 0. The van der Waals surface area contributed by atoms with E-state index in [9.17, 15) is 0 Å². The fraction of sp³-hybridized carbons (Fsp3) is 0.600. The molecule has 0 atom stereocenters. The first kappa shape index (κ1) is 56.3. The molecule has 14 heteroatoms. The van der Waals surface area contributed by atoms with E-state index >= 15 is 0 Å². The molecule has 0 unspecified atom stereocenters. The van der Waals surface area contributed by atoms with E-state index in [0.717, 1.165) is 27.7 Å². The Morgan fingerprint density at radius 2 is 0.583 bits per heavy atom. The van der Waals surface area contributed by atoms with Crippen LogP contribution in [0.5, 0.6) is 0 Å². The fourth-order valence-electron chi connectivity index (χ4n) is 0. The molecule has 0 aliphatic carbocycles. The molecule has 10 nitrogen and oxygen atoms in total. The average Bonchev–Trinajstić information content (AvgIpc) is 2.13. The minimum atomic E-state index is -1.08. The summed E-state index contributed by atoms with van der Waals surface area (Å²) < 4.78 is 0. The minimum Gasteiger partial charge on any atom is -0.550 e. The Morgan fingerprint density at radius 1 is 0.542 bits per heavy atom. The Hall–Kier alpha value is 0.761. The first-order valence-electron chi connectivity index (χ1n) is 4.95. The van der Waals surface area contributed by atoms with Crippen LogP contribution in [0, 0.1) is 0 Å². The minimum absolute atomic E-state index is 0. The molecule has 0 aliphatic heterocycles. The van der Waals surface area contributed by atoms with Crippen molar-refractivity contribution in [3.63, 3.8) is 0 Å². The van der Waals surface area contributed by atoms with Gasteiger partial charge in [0, 0.05) is 37.0 Å². The summed E-state index contributed by atoms with van der Waals surface area (Å²) in [4.78, 5) is 35.6. The summed E-state index contributed by atoms with van der Waals surface area (Å²) in [5.41, 5.74) is 9.81. The molecule has 0 amide bonds. The largest absolute Gasteiger partial charge is 1.00 e. The third-order valence-electron chi connectivity index (χ3n) is 0.167. The van der Waals surface area contributed by atoms with Crippen LogP contribution in [0.2, 0.25) is 0 Å². The Labute approximate surface area is 203 Å². The van der Waals surface area contributed by atoms with Gasteiger partial charge in [0.1, 0.15) is 0 Å². The molecule has 0 bridgehead atoms. The van der Waals surface area contributed by atoms with Crippen molar-refractivity contribution in [2.24, 2.45) is 11.5 Å². The smallest absolute Gasteiger partial charge is 0.550 e. The number of hydrogen-bond acceptors (Lipinski definition) is 10. The van der Waals surface area contributed by atoms with Crippen LogP contribution < -0.4 is 31.9 Å². The van der Waals surface area contributed by atoms with E-state index in [1.807, 2.05) is 0 Å². The van der Waals surface area contributed by atoms with Crippen LogP contribution in [-0.4, -0.2) is 37.0 Å². The molecule has 0 saturated carbocycles. The van der Waals surface area contributed by atoms with Crippen LogP contribution in [0.15, 0.2) is 0 Å². The van der Waals surface area contributed by atoms with Gasteiger partial charge in [0.25, 0.3) is 0 Å². The first-order chi connectivity index (χ1) is 8.84. The predicted molar refractivity (Wildman–Crippen MR) is 60.8 cm³/mol. The molecule has 4 N–H and O–H groups in total. The quantitative estimate of drug-likeness (QED) is 0.244. The van der Waals surface area contributed by atoms with Crippen molar-refractivity contribution in [3.05, 3.63) is 0 Å². The van der Waals surface area contributed by atoms with Gasteiger partial charge in [-0.2, -0.15) is 0 Å². The molecule has 0 heterocycles. The van der Waals surface area contributed by atoms with E-state index in [2.05, 4.69) is 0 Å². The molecule has 0 saturated heterocycles. The molecular weight excluding hydrogens is 708 g/mol. The summed E-state index contributed by atoms with van der Waals surface area (Å²) in [5, 5.41) is 35.6. The standard InChI is InChI=1S/C2H8N2.4C2H4O2.4Ag/c3-1-2-4;4*1-2(3)4;;;;/h1-4H2;4*1H3,(H,3,4);;;;/q;;;;;4*+1/p-4. The monoisotopic (exact) mass is 724 g/mol. The van der Waals surface area contributed by atoms with Crippen molar-refractivity contribution in [1.82, 2.24) is 0 Å². The molecule has 0 aliphatic rings.